The lowest BCUT2D eigenvalue weighted by Crippen LogP contribution is -2.12. The zero-order chi connectivity index (χ0) is 20.9. The minimum absolute atomic E-state index is 0.121. The third-order valence-corrected chi connectivity index (χ3v) is 5.32. The van der Waals surface area contributed by atoms with Crippen LogP contribution in [0.5, 0.6) is 5.75 Å². The molecule has 1 amide bonds. The number of sulfone groups is 1. The van der Waals surface area contributed by atoms with Gasteiger partial charge >= 0.3 is 0 Å². The molecule has 1 heterocycles. The molecule has 0 aliphatic carbocycles. The van der Waals surface area contributed by atoms with Gasteiger partial charge in [-0.3, -0.25) is 4.79 Å². The second kappa shape index (κ2) is 8.91. The minimum atomic E-state index is -3.29. The van der Waals surface area contributed by atoms with E-state index in [0.717, 1.165) is 30.4 Å². The van der Waals surface area contributed by atoms with Crippen molar-refractivity contribution >= 4 is 21.4 Å². The van der Waals surface area contributed by atoms with Crippen LogP contribution in [0.3, 0.4) is 0 Å². The van der Waals surface area contributed by atoms with Gasteiger partial charge in [0.15, 0.2) is 21.3 Å². The van der Waals surface area contributed by atoms with Crippen LogP contribution in [0.1, 0.15) is 30.3 Å². The molecule has 0 fully saturated rings. The third-order valence-electron chi connectivity index (χ3n) is 4.19. The van der Waals surface area contributed by atoms with Crippen LogP contribution in [0.2, 0.25) is 0 Å². The zero-order valence-corrected chi connectivity index (χ0v) is 17.0. The number of carbonyl (C=O) groups is 1. The van der Waals surface area contributed by atoms with Crippen LogP contribution >= 0.6 is 0 Å². The van der Waals surface area contributed by atoms with E-state index in [-0.39, 0.29) is 10.6 Å². The van der Waals surface area contributed by atoms with Gasteiger partial charge in [-0.2, -0.15) is 0 Å². The number of nitrogens with zero attached hydrogens (tertiary/aromatic N) is 1. The van der Waals surface area contributed by atoms with Gasteiger partial charge in [-0.05, 0) is 55.0 Å². The topological polar surface area (TPSA) is 98.5 Å². The van der Waals surface area contributed by atoms with Crippen molar-refractivity contribution in [2.24, 2.45) is 0 Å². The number of aromatic nitrogens is 1. The Hall–Kier alpha value is -3.13. The number of benzene rings is 2. The number of anilines is 1. The number of hydrogen-bond donors (Lipinski definition) is 1. The van der Waals surface area contributed by atoms with Crippen molar-refractivity contribution in [3.8, 4) is 17.1 Å². The Balaban J connectivity index is 1.65. The monoisotopic (exact) mass is 414 g/mol. The van der Waals surface area contributed by atoms with Crippen molar-refractivity contribution in [1.82, 2.24) is 5.16 Å². The van der Waals surface area contributed by atoms with Gasteiger partial charge in [0.05, 0.1) is 11.5 Å². The van der Waals surface area contributed by atoms with Crippen LogP contribution in [0.4, 0.5) is 5.69 Å². The molecule has 0 saturated carbocycles. The summed E-state index contributed by atoms with van der Waals surface area (Å²) in [5.74, 6) is 0.784. The van der Waals surface area contributed by atoms with Gasteiger partial charge in [-0.25, -0.2) is 8.42 Å². The molecule has 1 N–H and O–H groups in total. The van der Waals surface area contributed by atoms with Crippen molar-refractivity contribution in [2.45, 2.75) is 24.7 Å². The van der Waals surface area contributed by atoms with E-state index in [2.05, 4.69) is 17.4 Å². The number of unbranched alkanes of at least 4 members (excludes halogenated alkanes) is 1. The summed E-state index contributed by atoms with van der Waals surface area (Å²) in [7, 11) is -3.29. The Morgan fingerprint density at radius 2 is 1.79 bits per heavy atom. The number of rotatable bonds is 8. The van der Waals surface area contributed by atoms with Crippen LogP contribution in [0.25, 0.3) is 11.3 Å². The Morgan fingerprint density at radius 3 is 2.41 bits per heavy atom. The molecule has 3 rings (SSSR count). The average molecular weight is 414 g/mol. The van der Waals surface area contributed by atoms with Crippen LogP contribution in [0, 0.1) is 0 Å². The molecule has 0 bridgehead atoms. The van der Waals surface area contributed by atoms with Gasteiger partial charge in [0.1, 0.15) is 5.75 Å². The van der Waals surface area contributed by atoms with Crippen molar-refractivity contribution < 1.29 is 22.5 Å². The number of carbonyl (C=O) groups excluding carboxylic acids is 1. The van der Waals surface area contributed by atoms with Crippen LogP contribution in [-0.2, 0) is 9.84 Å². The zero-order valence-electron chi connectivity index (χ0n) is 16.2. The fourth-order valence-corrected chi connectivity index (χ4v) is 3.18. The molecule has 1 aromatic heterocycles. The maximum atomic E-state index is 12.4. The first-order chi connectivity index (χ1) is 13.9. The molecule has 0 spiro atoms. The first-order valence-electron chi connectivity index (χ1n) is 9.18. The van der Waals surface area contributed by atoms with Crippen LogP contribution < -0.4 is 10.1 Å². The molecule has 0 aliphatic rings. The fraction of sp³-hybridized carbons (Fsp3) is 0.238. The molecule has 8 heteroatoms. The van der Waals surface area contributed by atoms with E-state index in [4.69, 9.17) is 9.26 Å². The second-order valence-corrected chi connectivity index (χ2v) is 8.57. The molecule has 0 aliphatic heterocycles. The first-order valence-corrected chi connectivity index (χ1v) is 11.1. The summed E-state index contributed by atoms with van der Waals surface area (Å²) in [6.07, 6.45) is 3.20. The van der Waals surface area contributed by atoms with E-state index in [1.165, 1.54) is 24.3 Å². The smallest absolute Gasteiger partial charge is 0.277 e. The molecule has 2 aromatic carbocycles. The van der Waals surface area contributed by atoms with Crippen molar-refractivity contribution in [2.75, 3.05) is 18.2 Å². The van der Waals surface area contributed by atoms with Crippen LogP contribution in [0.15, 0.2) is 64.0 Å². The molecule has 29 heavy (non-hydrogen) atoms. The number of amides is 1. The summed E-state index contributed by atoms with van der Waals surface area (Å²) in [6.45, 7) is 2.78. The number of hydrogen-bond acceptors (Lipinski definition) is 6. The summed E-state index contributed by atoms with van der Waals surface area (Å²) in [4.78, 5) is 12.6. The molecule has 0 atom stereocenters. The molecular formula is C21H22N2O5S. The van der Waals surface area contributed by atoms with E-state index in [1.54, 1.807) is 6.07 Å². The molecule has 0 radical (unpaired) electrons. The van der Waals surface area contributed by atoms with Gasteiger partial charge < -0.3 is 14.6 Å². The lowest BCUT2D eigenvalue weighted by atomic mass is 10.1. The van der Waals surface area contributed by atoms with Crippen LogP contribution in [-0.4, -0.2) is 32.3 Å². The van der Waals surface area contributed by atoms with E-state index in [9.17, 15) is 13.2 Å². The molecule has 152 valence electrons. The summed E-state index contributed by atoms with van der Waals surface area (Å²) in [5, 5.41) is 6.48. The predicted octanol–water partition coefficient (Wildman–Crippen LogP) is 4.18. The van der Waals surface area contributed by atoms with Crippen molar-refractivity contribution in [1.29, 1.82) is 0 Å². The van der Waals surface area contributed by atoms with Gasteiger partial charge in [0, 0.05) is 23.6 Å². The maximum Gasteiger partial charge on any atom is 0.277 e. The van der Waals surface area contributed by atoms with E-state index in [1.807, 2.05) is 24.3 Å². The molecular weight excluding hydrogens is 392 g/mol. The average Bonchev–Trinajstić information content (AvgIpc) is 3.19. The Labute approximate surface area is 169 Å². The lowest BCUT2D eigenvalue weighted by Gasteiger charge is -2.05. The summed E-state index contributed by atoms with van der Waals surface area (Å²) in [6, 6.07) is 14.8. The van der Waals surface area contributed by atoms with E-state index in [0.29, 0.717) is 18.1 Å². The normalized spacial score (nSPS) is 11.2. The SMILES string of the molecule is CCCCOc1ccc(-c2cc(C(=O)Nc3ccc(S(C)(=O)=O)cc3)no2)cc1. The highest BCUT2D eigenvalue weighted by Crippen LogP contribution is 2.24. The Kier molecular flexibility index (Phi) is 6.33. The Bertz CT molecular complexity index is 1070. The largest absolute Gasteiger partial charge is 0.494 e. The molecule has 7 nitrogen and oxygen atoms in total. The van der Waals surface area contributed by atoms with E-state index < -0.39 is 15.7 Å². The molecule has 3 aromatic rings. The number of ether oxygens (including phenoxy) is 1. The molecule has 0 saturated heterocycles. The summed E-state index contributed by atoms with van der Waals surface area (Å²) >= 11 is 0. The maximum absolute atomic E-state index is 12.4. The van der Waals surface area contributed by atoms with Gasteiger partial charge in [0.25, 0.3) is 5.91 Å². The highest BCUT2D eigenvalue weighted by atomic mass is 32.2. The first kappa shape index (κ1) is 20.6. The quantitative estimate of drug-likeness (QED) is 0.555. The summed E-state index contributed by atoms with van der Waals surface area (Å²) < 4.78 is 33.9. The van der Waals surface area contributed by atoms with Gasteiger partial charge in [-0.15, -0.1) is 0 Å². The fourth-order valence-electron chi connectivity index (χ4n) is 2.55. The van der Waals surface area contributed by atoms with Gasteiger partial charge in [0.2, 0.25) is 0 Å². The number of nitrogens with one attached hydrogen (secondary N) is 1. The van der Waals surface area contributed by atoms with Gasteiger partial charge in [-0.1, -0.05) is 18.5 Å². The van der Waals surface area contributed by atoms with E-state index >= 15 is 0 Å². The highest BCUT2D eigenvalue weighted by molar-refractivity contribution is 7.90. The minimum Gasteiger partial charge on any atom is -0.494 e. The third kappa shape index (κ3) is 5.45. The Morgan fingerprint density at radius 1 is 1.10 bits per heavy atom. The lowest BCUT2D eigenvalue weighted by molar-refractivity contribution is 0.101. The van der Waals surface area contributed by atoms with Crippen molar-refractivity contribution in [3.63, 3.8) is 0 Å². The predicted molar refractivity (Wildman–Crippen MR) is 110 cm³/mol. The second-order valence-electron chi connectivity index (χ2n) is 6.55. The molecule has 0 unspecified atom stereocenters. The standard InChI is InChI=1S/C21H22N2O5S/c1-3-4-13-27-17-9-5-15(6-10-17)20-14-19(23-28-20)21(24)22-16-7-11-18(12-8-16)29(2,25)26/h5-12,14H,3-4,13H2,1-2H3,(H,22,24). The highest BCUT2D eigenvalue weighted by Gasteiger charge is 2.15. The van der Waals surface area contributed by atoms with Crippen molar-refractivity contribution in [3.05, 3.63) is 60.3 Å². The summed E-state index contributed by atoms with van der Waals surface area (Å²) in [5.41, 5.74) is 1.35.